The highest BCUT2D eigenvalue weighted by molar-refractivity contribution is 8.49. The molecule has 0 radical (unpaired) electrons. The van der Waals surface area contributed by atoms with Crippen molar-refractivity contribution in [3.8, 4) is 0 Å². The van der Waals surface area contributed by atoms with Crippen LogP contribution in [-0.2, 0) is 19.6 Å². The van der Waals surface area contributed by atoms with Gasteiger partial charge in [-0.25, -0.2) is 14.1 Å². The second kappa shape index (κ2) is 10.4. The average Bonchev–Trinajstić information content (AvgIpc) is 2.59. The van der Waals surface area contributed by atoms with Crippen LogP contribution in [0.1, 0.15) is 27.2 Å². The molecule has 7 heteroatoms. The number of ether oxygens (including phenoxy) is 1. The summed E-state index contributed by atoms with van der Waals surface area (Å²) in [6.45, 7) is 5.25. The van der Waals surface area contributed by atoms with E-state index in [9.17, 15) is 4.57 Å². The lowest BCUT2D eigenvalue weighted by Crippen LogP contribution is -2.31. The molecule has 1 aromatic rings. The summed E-state index contributed by atoms with van der Waals surface area (Å²) in [7, 11) is 2.94. The number of methoxy groups -OCH3 is 1. The molecule has 23 heavy (non-hydrogen) atoms. The molecule has 1 rings (SSSR count). The predicted molar refractivity (Wildman–Crippen MR) is 101 cm³/mol. The number of rotatable bonds is 10. The van der Waals surface area contributed by atoms with Crippen LogP contribution in [-0.4, -0.2) is 43.8 Å². The van der Waals surface area contributed by atoms with E-state index < -0.39 is 17.0 Å². The van der Waals surface area contributed by atoms with Gasteiger partial charge in [0.2, 0.25) is 0 Å². The molecule has 0 heterocycles. The summed E-state index contributed by atoms with van der Waals surface area (Å²) in [5.74, 6) is 0. The number of benzene rings is 1. The molecule has 0 aliphatic heterocycles. The van der Waals surface area contributed by atoms with Gasteiger partial charge in [-0.1, -0.05) is 39.0 Å². The van der Waals surface area contributed by atoms with E-state index in [-0.39, 0.29) is 5.25 Å². The molecule has 0 aliphatic carbocycles. The van der Waals surface area contributed by atoms with Crippen LogP contribution in [0, 0.1) is 0 Å². The lowest BCUT2D eigenvalue weighted by molar-refractivity contribution is 0.204. The highest BCUT2D eigenvalue weighted by Crippen LogP contribution is 2.52. The van der Waals surface area contributed by atoms with E-state index in [1.54, 1.807) is 7.11 Å². The second-order valence-electron chi connectivity index (χ2n) is 5.33. The van der Waals surface area contributed by atoms with E-state index in [2.05, 4.69) is 18.9 Å². The maximum absolute atomic E-state index is 13.8. The van der Waals surface area contributed by atoms with Crippen LogP contribution in [0.2, 0.25) is 0 Å². The summed E-state index contributed by atoms with van der Waals surface area (Å²) in [6, 6.07) is 9.82. The van der Waals surface area contributed by atoms with Crippen LogP contribution < -0.4 is 5.09 Å². The van der Waals surface area contributed by atoms with Crippen LogP contribution in [0.15, 0.2) is 34.7 Å². The number of hydrogen-bond donors (Lipinski definition) is 1. The summed E-state index contributed by atoms with van der Waals surface area (Å²) in [4.78, 5) is 0. The fraction of sp³-hybridized carbons (Fsp3) is 0.625. The van der Waals surface area contributed by atoms with Gasteiger partial charge < -0.3 is 4.74 Å². The van der Waals surface area contributed by atoms with Gasteiger partial charge in [0.15, 0.2) is 0 Å². The molecule has 3 unspecified atom stereocenters. The van der Waals surface area contributed by atoms with E-state index in [0.29, 0.717) is 19.7 Å². The summed E-state index contributed by atoms with van der Waals surface area (Å²) in [5.41, 5.74) is 0.884. The summed E-state index contributed by atoms with van der Waals surface area (Å²) in [6.07, 6.45) is 0.937. The van der Waals surface area contributed by atoms with Gasteiger partial charge in [0.05, 0.1) is 12.3 Å². The third kappa shape index (κ3) is 5.80. The van der Waals surface area contributed by atoms with Gasteiger partial charge in [0.25, 0.3) is 6.65 Å². The molecule has 1 aromatic carbocycles. The first-order valence-corrected chi connectivity index (χ1v) is 11.6. The Bertz CT molecular complexity index is 539. The molecule has 5 nitrogen and oxygen atoms in total. The van der Waals surface area contributed by atoms with Gasteiger partial charge in [0, 0.05) is 25.4 Å². The Hall–Kier alpha value is -0.520. The van der Waals surface area contributed by atoms with Crippen molar-refractivity contribution in [1.29, 1.82) is 0 Å². The smallest absolute Gasteiger partial charge is 0.279 e. The van der Waals surface area contributed by atoms with Crippen LogP contribution in [0.25, 0.3) is 0 Å². The van der Waals surface area contributed by atoms with Crippen molar-refractivity contribution in [3.63, 3.8) is 0 Å². The van der Waals surface area contributed by atoms with Gasteiger partial charge in [-0.15, -0.1) is 0 Å². The minimum Gasteiger partial charge on any atom is -0.383 e. The molecular formula is C16H30N3O2PS. The molecule has 0 saturated carbocycles. The van der Waals surface area contributed by atoms with Crippen LogP contribution in [0.5, 0.6) is 0 Å². The zero-order valence-corrected chi connectivity index (χ0v) is 16.6. The first-order chi connectivity index (χ1) is 11.0. The topological polar surface area (TPSA) is 53.9 Å². The minimum absolute atomic E-state index is 0.241. The lowest BCUT2D eigenvalue weighted by Gasteiger charge is -2.32. The molecule has 0 saturated heterocycles. The highest BCUT2D eigenvalue weighted by atomic mass is 32.8. The largest absolute Gasteiger partial charge is 0.383 e. The Morgan fingerprint density at radius 3 is 2.52 bits per heavy atom. The van der Waals surface area contributed by atoms with Crippen LogP contribution in [0.3, 0.4) is 0 Å². The summed E-state index contributed by atoms with van der Waals surface area (Å²) >= 11 is 0. The van der Waals surface area contributed by atoms with Gasteiger partial charge >= 0.3 is 0 Å². The molecular weight excluding hydrogens is 329 g/mol. The second-order valence-corrected chi connectivity index (χ2v) is 11.6. The Labute approximate surface area is 143 Å². The first-order valence-electron chi connectivity index (χ1n) is 8.06. The molecule has 0 aromatic heterocycles. The fourth-order valence-corrected chi connectivity index (χ4v) is 9.16. The van der Waals surface area contributed by atoms with E-state index in [1.807, 2.05) is 49.0 Å². The van der Waals surface area contributed by atoms with Crippen molar-refractivity contribution in [1.82, 2.24) is 9.76 Å². The van der Waals surface area contributed by atoms with Crippen LogP contribution >= 0.6 is 6.65 Å². The predicted octanol–water partition coefficient (Wildman–Crippen LogP) is 4.21. The number of hydrogen-bond acceptors (Lipinski definition) is 3. The first kappa shape index (κ1) is 20.5. The monoisotopic (exact) mass is 359 g/mol. The molecule has 1 N–H and O–H groups in total. The number of nitrogens with zero attached hydrogens (tertiary/aromatic N) is 2. The van der Waals surface area contributed by atoms with Gasteiger partial charge in [-0.05, 0) is 35.9 Å². The van der Waals surface area contributed by atoms with Crippen molar-refractivity contribution >= 4 is 22.6 Å². The lowest BCUT2D eigenvalue weighted by atomic mass is 10.3. The molecule has 0 spiro atoms. The van der Waals surface area contributed by atoms with E-state index >= 15 is 0 Å². The SMILES string of the molecule is CCC(C)S(=Nc1ccccc1)P(=O)(NCCOC)N(C)CC. The summed E-state index contributed by atoms with van der Waals surface area (Å²) < 4.78 is 25.7. The Morgan fingerprint density at radius 1 is 1.35 bits per heavy atom. The van der Waals surface area contributed by atoms with Crippen molar-refractivity contribution in [2.45, 2.75) is 32.4 Å². The highest BCUT2D eigenvalue weighted by Gasteiger charge is 2.34. The van der Waals surface area contributed by atoms with Crippen molar-refractivity contribution in [2.75, 3.05) is 33.9 Å². The maximum Gasteiger partial charge on any atom is 0.279 e. The van der Waals surface area contributed by atoms with E-state index in [4.69, 9.17) is 9.10 Å². The van der Waals surface area contributed by atoms with Crippen molar-refractivity contribution < 1.29 is 9.30 Å². The van der Waals surface area contributed by atoms with Crippen molar-refractivity contribution in [3.05, 3.63) is 30.3 Å². The third-order valence-electron chi connectivity index (χ3n) is 3.67. The molecule has 0 aliphatic rings. The summed E-state index contributed by atoms with van der Waals surface area (Å²) in [5, 5.41) is 3.50. The zero-order valence-electron chi connectivity index (χ0n) is 14.9. The quantitative estimate of drug-likeness (QED) is 0.502. The molecule has 0 fully saturated rings. The normalized spacial score (nSPS) is 17.1. The van der Waals surface area contributed by atoms with Crippen LogP contribution in [0.4, 0.5) is 5.69 Å². The fourth-order valence-electron chi connectivity index (χ4n) is 1.94. The Balaban J connectivity index is 3.27. The average molecular weight is 359 g/mol. The van der Waals surface area contributed by atoms with E-state index in [1.165, 1.54) is 0 Å². The van der Waals surface area contributed by atoms with Gasteiger partial charge in [0.1, 0.15) is 0 Å². The Kier molecular flexibility index (Phi) is 9.25. The standard InChI is InChI=1S/C16H30N3O2PS/c1-6-15(3)23(18-16-11-9-8-10-12-16)22(20,19(4)7-2)17-13-14-21-5/h8-12,15H,6-7,13-14H2,1-5H3,(H,17,20). The van der Waals surface area contributed by atoms with E-state index in [0.717, 1.165) is 12.1 Å². The molecule has 3 atom stereocenters. The molecule has 0 bridgehead atoms. The maximum atomic E-state index is 13.8. The zero-order chi connectivity index (χ0) is 17.3. The van der Waals surface area contributed by atoms with Gasteiger partial charge in [-0.2, -0.15) is 0 Å². The Morgan fingerprint density at radius 2 is 2.00 bits per heavy atom. The molecule has 0 amide bonds. The van der Waals surface area contributed by atoms with Gasteiger partial charge in [-0.3, -0.25) is 4.57 Å². The minimum atomic E-state index is -2.82. The molecule has 132 valence electrons. The van der Waals surface area contributed by atoms with Crippen molar-refractivity contribution in [2.24, 2.45) is 4.36 Å². The number of nitrogens with one attached hydrogen (secondary N) is 1. The third-order valence-corrected chi connectivity index (χ3v) is 11.5.